The van der Waals surface area contributed by atoms with E-state index in [1.807, 2.05) is 44.3 Å². The molecule has 0 spiro atoms. The third-order valence-electron chi connectivity index (χ3n) is 3.11. The Hall–Kier alpha value is -2.68. The van der Waals surface area contributed by atoms with E-state index >= 15 is 0 Å². The normalized spacial score (nSPS) is 10.0. The maximum absolute atomic E-state index is 8.46. The van der Waals surface area contributed by atoms with Crippen LogP contribution in [0.2, 0.25) is 0 Å². The van der Waals surface area contributed by atoms with Gasteiger partial charge in [0.15, 0.2) is 6.61 Å². The molecule has 0 radical (unpaired) electrons. The van der Waals surface area contributed by atoms with Crippen molar-refractivity contribution >= 4 is 5.69 Å². The molecule has 2 rings (SSSR count). The minimum absolute atomic E-state index is 0.0544. The molecular weight excluding hydrogens is 268 g/mol. The van der Waals surface area contributed by atoms with Gasteiger partial charge in [0.2, 0.25) is 5.88 Å². The van der Waals surface area contributed by atoms with Gasteiger partial charge in [0, 0.05) is 19.3 Å². The lowest BCUT2D eigenvalue weighted by Crippen LogP contribution is -2.03. The first-order valence-electron chi connectivity index (χ1n) is 6.56. The molecule has 0 amide bonds. The maximum atomic E-state index is 8.46. The Morgan fingerprint density at radius 2 is 2.05 bits per heavy atom. The molecule has 0 saturated heterocycles. The van der Waals surface area contributed by atoms with E-state index in [1.165, 1.54) is 0 Å². The van der Waals surface area contributed by atoms with E-state index in [9.17, 15) is 0 Å². The van der Waals surface area contributed by atoms with Crippen LogP contribution < -0.4 is 14.8 Å². The summed E-state index contributed by atoms with van der Waals surface area (Å²) in [6.45, 7) is 2.64. The van der Waals surface area contributed by atoms with Crippen LogP contribution in [0.5, 0.6) is 11.6 Å². The Morgan fingerprint density at radius 1 is 1.33 bits per heavy atom. The van der Waals surface area contributed by atoms with Crippen molar-refractivity contribution in [3.63, 3.8) is 0 Å². The van der Waals surface area contributed by atoms with Gasteiger partial charge in [-0.05, 0) is 31.2 Å². The fourth-order valence-electron chi connectivity index (χ4n) is 2.11. The molecule has 0 aliphatic rings. The fraction of sp³-hybridized carbons (Fsp3) is 0.333. The number of nitriles is 1. The van der Waals surface area contributed by atoms with Crippen molar-refractivity contribution < 1.29 is 9.47 Å². The maximum Gasteiger partial charge on any atom is 0.216 e. The topological polar surface area (TPSA) is 72.1 Å². The lowest BCUT2D eigenvalue weighted by molar-refractivity contribution is 0.368. The molecular formula is C15H18N4O2. The van der Waals surface area contributed by atoms with Gasteiger partial charge in [0.1, 0.15) is 11.8 Å². The van der Waals surface area contributed by atoms with Crippen LogP contribution in [0.4, 0.5) is 5.69 Å². The van der Waals surface area contributed by atoms with Crippen molar-refractivity contribution in [3.8, 4) is 17.7 Å². The first-order valence-corrected chi connectivity index (χ1v) is 6.56. The fourth-order valence-corrected chi connectivity index (χ4v) is 2.11. The Labute approximate surface area is 123 Å². The van der Waals surface area contributed by atoms with Crippen LogP contribution in [0.25, 0.3) is 0 Å². The highest BCUT2D eigenvalue weighted by Gasteiger charge is 2.13. The second-order valence-electron chi connectivity index (χ2n) is 4.52. The summed E-state index contributed by atoms with van der Waals surface area (Å²) in [7, 11) is 3.50. The quantitative estimate of drug-likeness (QED) is 0.881. The molecule has 6 heteroatoms. The van der Waals surface area contributed by atoms with Gasteiger partial charge < -0.3 is 14.8 Å². The molecule has 1 N–H and O–H groups in total. The predicted octanol–water partition coefficient (Wildman–Crippen LogP) is 2.25. The van der Waals surface area contributed by atoms with Crippen molar-refractivity contribution in [1.29, 1.82) is 5.26 Å². The lowest BCUT2D eigenvalue weighted by Gasteiger charge is -2.09. The van der Waals surface area contributed by atoms with E-state index in [2.05, 4.69) is 10.4 Å². The lowest BCUT2D eigenvalue weighted by atomic mass is 10.2. The van der Waals surface area contributed by atoms with Crippen molar-refractivity contribution in [2.75, 3.05) is 19.0 Å². The van der Waals surface area contributed by atoms with Gasteiger partial charge in [0.05, 0.1) is 18.4 Å². The number of aromatic nitrogens is 2. The van der Waals surface area contributed by atoms with Crippen LogP contribution >= 0.6 is 0 Å². The summed E-state index contributed by atoms with van der Waals surface area (Å²) in [5.41, 5.74) is 2.94. The van der Waals surface area contributed by atoms with Gasteiger partial charge in [-0.3, -0.25) is 0 Å². The molecule has 0 aliphatic heterocycles. The number of hydrogen-bond donors (Lipinski definition) is 1. The number of hydrogen-bond acceptors (Lipinski definition) is 5. The van der Waals surface area contributed by atoms with Crippen molar-refractivity contribution in [2.24, 2.45) is 7.05 Å². The van der Waals surface area contributed by atoms with Gasteiger partial charge in [-0.15, -0.1) is 0 Å². The number of benzene rings is 1. The second-order valence-corrected chi connectivity index (χ2v) is 4.52. The Morgan fingerprint density at radius 3 is 2.67 bits per heavy atom. The first-order chi connectivity index (χ1) is 10.2. The monoisotopic (exact) mass is 286 g/mol. The minimum atomic E-state index is 0.0544. The van der Waals surface area contributed by atoms with Gasteiger partial charge in [-0.1, -0.05) is 0 Å². The summed E-state index contributed by atoms with van der Waals surface area (Å²) in [6.07, 6.45) is 0. The van der Waals surface area contributed by atoms with E-state index in [0.29, 0.717) is 12.3 Å². The summed E-state index contributed by atoms with van der Waals surface area (Å²) in [4.78, 5) is 0. The van der Waals surface area contributed by atoms with Crippen LogP contribution in [0, 0.1) is 18.3 Å². The van der Waals surface area contributed by atoms with E-state index in [4.69, 9.17) is 14.7 Å². The summed E-state index contributed by atoms with van der Waals surface area (Å²) < 4.78 is 12.3. The highest BCUT2D eigenvalue weighted by atomic mass is 16.5. The molecule has 110 valence electrons. The van der Waals surface area contributed by atoms with E-state index in [-0.39, 0.29) is 6.61 Å². The van der Waals surface area contributed by atoms with E-state index in [0.717, 1.165) is 22.8 Å². The SMILES string of the molecule is COc1c(CNc2ccc(OCC#N)cc2)c(C)nn1C. The van der Waals surface area contributed by atoms with Crippen LogP contribution in [0.3, 0.4) is 0 Å². The number of anilines is 1. The molecule has 0 bridgehead atoms. The summed E-state index contributed by atoms with van der Waals surface area (Å²) >= 11 is 0. The van der Waals surface area contributed by atoms with E-state index in [1.54, 1.807) is 11.8 Å². The zero-order valence-electron chi connectivity index (χ0n) is 12.4. The highest BCUT2D eigenvalue weighted by Crippen LogP contribution is 2.23. The van der Waals surface area contributed by atoms with Gasteiger partial charge >= 0.3 is 0 Å². The smallest absolute Gasteiger partial charge is 0.216 e. The zero-order chi connectivity index (χ0) is 15.2. The van der Waals surface area contributed by atoms with Gasteiger partial charge in [-0.25, -0.2) is 4.68 Å². The van der Waals surface area contributed by atoms with Crippen LogP contribution in [0.1, 0.15) is 11.3 Å². The third kappa shape index (κ3) is 3.45. The number of nitrogens with zero attached hydrogens (tertiary/aromatic N) is 3. The standard InChI is InChI=1S/C15H18N4O2/c1-11-14(15(20-3)19(2)18-11)10-17-12-4-6-13(7-5-12)21-9-8-16/h4-7,17H,9-10H2,1-3H3. The molecule has 0 aliphatic carbocycles. The molecule has 0 unspecified atom stereocenters. The van der Waals surface area contributed by atoms with Crippen molar-refractivity contribution in [1.82, 2.24) is 9.78 Å². The number of nitrogens with one attached hydrogen (secondary N) is 1. The van der Waals surface area contributed by atoms with Crippen LogP contribution in [0.15, 0.2) is 24.3 Å². The Kier molecular flexibility index (Phi) is 4.67. The second kappa shape index (κ2) is 6.66. The van der Waals surface area contributed by atoms with Gasteiger partial charge in [0.25, 0.3) is 0 Å². The van der Waals surface area contributed by atoms with Crippen LogP contribution in [-0.4, -0.2) is 23.5 Å². The number of aryl methyl sites for hydroxylation is 2. The summed E-state index contributed by atoms with van der Waals surface area (Å²) in [5.74, 6) is 1.44. The molecule has 2 aromatic rings. The first kappa shape index (κ1) is 14.7. The number of rotatable bonds is 6. The average molecular weight is 286 g/mol. The Bertz CT molecular complexity index is 641. The summed E-state index contributed by atoms with van der Waals surface area (Å²) in [5, 5.41) is 16.1. The molecule has 6 nitrogen and oxygen atoms in total. The zero-order valence-corrected chi connectivity index (χ0v) is 12.4. The highest BCUT2D eigenvalue weighted by molar-refractivity contribution is 5.47. The van der Waals surface area contributed by atoms with Crippen molar-refractivity contribution in [3.05, 3.63) is 35.5 Å². The predicted molar refractivity (Wildman–Crippen MR) is 79.4 cm³/mol. The molecule has 0 saturated carbocycles. The summed E-state index contributed by atoms with van der Waals surface area (Å²) in [6, 6.07) is 9.41. The number of methoxy groups -OCH3 is 1. The Balaban J connectivity index is 2.02. The average Bonchev–Trinajstić information content (AvgIpc) is 2.77. The van der Waals surface area contributed by atoms with Crippen molar-refractivity contribution in [2.45, 2.75) is 13.5 Å². The molecule has 0 atom stereocenters. The third-order valence-corrected chi connectivity index (χ3v) is 3.11. The van der Waals surface area contributed by atoms with Gasteiger partial charge in [-0.2, -0.15) is 10.4 Å². The molecule has 1 aromatic heterocycles. The molecule has 0 fully saturated rings. The van der Waals surface area contributed by atoms with Crippen LogP contribution in [-0.2, 0) is 13.6 Å². The molecule has 1 heterocycles. The molecule has 1 aromatic carbocycles. The largest absolute Gasteiger partial charge is 0.481 e. The van der Waals surface area contributed by atoms with E-state index < -0.39 is 0 Å². The number of ether oxygens (including phenoxy) is 2. The molecule has 21 heavy (non-hydrogen) atoms. The minimum Gasteiger partial charge on any atom is -0.481 e.